The van der Waals surface area contributed by atoms with Crippen LogP contribution < -0.4 is 0 Å². The van der Waals surface area contributed by atoms with E-state index in [4.69, 9.17) is 9.15 Å². The van der Waals surface area contributed by atoms with Crippen LogP contribution in [0.2, 0.25) is 0 Å². The van der Waals surface area contributed by atoms with Crippen molar-refractivity contribution in [1.82, 2.24) is 19.1 Å². The van der Waals surface area contributed by atoms with Gasteiger partial charge >= 0.3 is 0 Å². The lowest BCUT2D eigenvalue weighted by Gasteiger charge is -2.18. The van der Waals surface area contributed by atoms with Gasteiger partial charge in [-0.15, -0.1) is 10.2 Å². The Hall–Kier alpha value is -2.23. The third-order valence-corrected chi connectivity index (χ3v) is 5.63. The predicted octanol–water partition coefficient (Wildman–Crippen LogP) is 1.56. The number of nitrogens with zero attached hydrogens (tertiary/aromatic N) is 4. The molecule has 1 aromatic carbocycles. The minimum Gasteiger partial charge on any atom is -0.460 e. The maximum atomic E-state index is 12.3. The van der Waals surface area contributed by atoms with Crippen molar-refractivity contribution in [2.24, 2.45) is 0 Å². The summed E-state index contributed by atoms with van der Waals surface area (Å²) in [5.41, 5.74) is 0.740. The Morgan fingerprint density at radius 3 is 2.85 bits per heavy atom. The first-order valence-corrected chi connectivity index (χ1v) is 10.3. The van der Waals surface area contributed by atoms with Gasteiger partial charge in [-0.05, 0) is 12.1 Å². The Morgan fingerprint density at radius 1 is 1.19 bits per heavy atom. The Kier molecular flexibility index (Phi) is 4.51. The van der Waals surface area contributed by atoms with Gasteiger partial charge in [-0.25, -0.2) is 8.42 Å². The van der Waals surface area contributed by atoms with Gasteiger partial charge in [0.15, 0.2) is 0 Å². The molecule has 1 aliphatic heterocycles. The summed E-state index contributed by atoms with van der Waals surface area (Å²) in [4.78, 5) is 0. The summed E-state index contributed by atoms with van der Waals surface area (Å²) in [5, 5.41) is 9.33. The molecule has 1 aliphatic rings. The Bertz CT molecular complexity index is 991. The lowest BCUT2D eigenvalue weighted by atomic mass is 10.2. The number of furan rings is 1. The minimum absolute atomic E-state index is 0.142. The van der Waals surface area contributed by atoms with Crippen molar-refractivity contribution < 1.29 is 17.6 Å². The largest absolute Gasteiger partial charge is 0.460 e. The lowest BCUT2D eigenvalue weighted by Crippen LogP contribution is -2.30. The number of fused-ring (bicyclic) bond motifs is 2. The van der Waals surface area contributed by atoms with Crippen molar-refractivity contribution >= 4 is 21.0 Å². The van der Waals surface area contributed by atoms with E-state index < -0.39 is 10.0 Å². The quantitative estimate of drug-likeness (QED) is 0.671. The molecular formula is C17H20N4O4S. The molecule has 0 amide bonds. The molecule has 0 saturated heterocycles. The van der Waals surface area contributed by atoms with Crippen molar-refractivity contribution in [2.45, 2.75) is 26.1 Å². The molecule has 0 spiro atoms. The molecule has 0 bridgehead atoms. The van der Waals surface area contributed by atoms with E-state index >= 15 is 0 Å². The van der Waals surface area contributed by atoms with Crippen LogP contribution in [0.25, 0.3) is 11.0 Å². The first-order chi connectivity index (χ1) is 12.5. The van der Waals surface area contributed by atoms with E-state index in [1.807, 2.05) is 34.9 Å². The zero-order valence-corrected chi connectivity index (χ0v) is 15.3. The molecule has 0 atom stereocenters. The lowest BCUT2D eigenvalue weighted by molar-refractivity contribution is 0.139. The zero-order valence-electron chi connectivity index (χ0n) is 14.5. The van der Waals surface area contributed by atoms with Crippen LogP contribution in [0, 0.1) is 0 Å². The summed E-state index contributed by atoms with van der Waals surface area (Å²) in [6, 6.07) is 9.47. The molecule has 3 aromatic rings. The molecule has 2 aromatic heterocycles. The molecule has 0 unspecified atom stereocenters. The fourth-order valence-corrected chi connectivity index (χ4v) is 3.80. The zero-order chi connectivity index (χ0) is 18.1. The third-order valence-electron chi connectivity index (χ3n) is 4.43. The predicted molar refractivity (Wildman–Crippen MR) is 94.8 cm³/mol. The number of benzene rings is 1. The third kappa shape index (κ3) is 3.50. The fourth-order valence-electron chi connectivity index (χ4n) is 3.09. The SMILES string of the molecule is CS(=O)(=O)N(Cc1cc2ccccc2o1)Cc1nnc2n1CCOCC2. The molecule has 8 nitrogen and oxygen atoms in total. The van der Waals surface area contributed by atoms with Gasteiger partial charge in [-0.3, -0.25) is 0 Å². The van der Waals surface area contributed by atoms with E-state index in [9.17, 15) is 8.42 Å². The second-order valence-corrected chi connectivity index (χ2v) is 8.31. The van der Waals surface area contributed by atoms with Crippen LogP contribution >= 0.6 is 0 Å². The monoisotopic (exact) mass is 376 g/mol. The first kappa shape index (κ1) is 17.2. The highest BCUT2D eigenvalue weighted by atomic mass is 32.2. The van der Waals surface area contributed by atoms with Crippen molar-refractivity contribution in [3.63, 3.8) is 0 Å². The van der Waals surface area contributed by atoms with Crippen molar-refractivity contribution in [1.29, 1.82) is 0 Å². The van der Waals surface area contributed by atoms with Crippen LogP contribution in [0.15, 0.2) is 34.7 Å². The summed E-state index contributed by atoms with van der Waals surface area (Å²) >= 11 is 0. The number of sulfonamides is 1. The normalized spacial score (nSPS) is 15.3. The summed E-state index contributed by atoms with van der Waals surface area (Å²) in [7, 11) is -3.45. The van der Waals surface area contributed by atoms with Gasteiger partial charge in [0.05, 0.1) is 32.6 Å². The van der Waals surface area contributed by atoms with E-state index in [0.717, 1.165) is 16.8 Å². The molecule has 0 fully saturated rings. The number of para-hydroxylation sites is 1. The van der Waals surface area contributed by atoms with E-state index in [1.165, 1.54) is 10.6 Å². The highest BCUT2D eigenvalue weighted by Gasteiger charge is 2.24. The molecule has 0 N–H and O–H groups in total. The topological polar surface area (TPSA) is 90.5 Å². The fraction of sp³-hybridized carbons (Fsp3) is 0.412. The van der Waals surface area contributed by atoms with Crippen LogP contribution in [0.1, 0.15) is 17.4 Å². The number of hydrogen-bond donors (Lipinski definition) is 0. The van der Waals surface area contributed by atoms with Gasteiger partial charge in [0.1, 0.15) is 23.0 Å². The smallest absolute Gasteiger partial charge is 0.212 e. The van der Waals surface area contributed by atoms with Gasteiger partial charge < -0.3 is 13.7 Å². The van der Waals surface area contributed by atoms with Crippen LogP contribution in [0.3, 0.4) is 0 Å². The first-order valence-electron chi connectivity index (χ1n) is 8.42. The maximum absolute atomic E-state index is 12.3. The van der Waals surface area contributed by atoms with E-state index in [-0.39, 0.29) is 13.1 Å². The number of hydrogen-bond acceptors (Lipinski definition) is 6. The Balaban J connectivity index is 1.61. The summed E-state index contributed by atoms with van der Waals surface area (Å²) < 4.78 is 39.2. The van der Waals surface area contributed by atoms with Gasteiger partial charge in [0, 0.05) is 18.4 Å². The molecule has 3 heterocycles. The number of rotatable bonds is 5. The summed E-state index contributed by atoms with van der Waals surface area (Å²) in [6.45, 7) is 2.09. The number of aromatic nitrogens is 3. The second kappa shape index (κ2) is 6.82. The molecule has 26 heavy (non-hydrogen) atoms. The molecule has 0 saturated carbocycles. The standard InChI is InChI=1S/C17H20N4O4S/c1-26(22,23)20(11-14-10-13-4-2-3-5-15(13)25-14)12-17-19-18-16-6-8-24-9-7-21(16)17/h2-5,10H,6-9,11-12H2,1H3. The molecule has 0 aliphatic carbocycles. The molecule has 9 heteroatoms. The van der Waals surface area contributed by atoms with Crippen molar-refractivity contribution in [3.05, 3.63) is 47.7 Å². The van der Waals surface area contributed by atoms with Crippen LogP contribution in [-0.2, 0) is 40.8 Å². The highest BCUT2D eigenvalue weighted by Crippen LogP contribution is 2.22. The van der Waals surface area contributed by atoms with Crippen molar-refractivity contribution in [3.8, 4) is 0 Å². The average Bonchev–Trinajstić information content (AvgIpc) is 3.09. The molecule has 0 radical (unpaired) electrons. The van der Waals surface area contributed by atoms with E-state index in [0.29, 0.717) is 37.8 Å². The maximum Gasteiger partial charge on any atom is 0.212 e. The molecule has 138 valence electrons. The van der Waals surface area contributed by atoms with Gasteiger partial charge in [-0.2, -0.15) is 4.31 Å². The van der Waals surface area contributed by atoms with Crippen molar-refractivity contribution in [2.75, 3.05) is 19.5 Å². The average molecular weight is 376 g/mol. The summed E-state index contributed by atoms with van der Waals surface area (Å²) in [5.74, 6) is 2.04. The van der Waals surface area contributed by atoms with Crippen LogP contribution in [-0.4, -0.2) is 47.0 Å². The van der Waals surface area contributed by atoms with Crippen LogP contribution in [0.5, 0.6) is 0 Å². The van der Waals surface area contributed by atoms with E-state index in [1.54, 1.807) is 0 Å². The Labute approximate surface area is 151 Å². The highest BCUT2D eigenvalue weighted by molar-refractivity contribution is 7.88. The van der Waals surface area contributed by atoms with Crippen LogP contribution in [0.4, 0.5) is 0 Å². The van der Waals surface area contributed by atoms with Gasteiger partial charge in [0.25, 0.3) is 0 Å². The summed E-state index contributed by atoms with van der Waals surface area (Å²) in [6.07, 6.45) is 1.87. The molecule has 4 rings (SSSR count). The Morgan fingerprint density at radius 2 is 2.04 bits per heavy atom. The van der Waals surface area contributed by atoms with E-state index in [2.05, 4.69) is 10.2 Å². The van der Waals surface area contributed by atoms with Gasteiger partial charge in [0.2, 0.25) is 10.0 Å². The van der Waals surface area contributed by atoms with Gasteiger partial charge in [-0.1, -0.05) is 18.2 Å². The second-order valence-electron chi connectivity index (χ2n) is 6.33. The molecular weight excluding hydrogens is 356 g/mol. The minimum atomic E-state index is -3.45. The number of ether oxygens (including phenoxy) is 1.